The molecule has 1 aliphatic rings. The van der Waals surface area contributed by atoms with Crippen LogP contribution in [0.25, 0.3) is 0 Å². The second kappa shape index (κ2) is 8.03. The van der Waals surface area contributed by atoms with Gasteiger partial charge in [-0.2, -0.15) is 5.10 Å². The second-order valence-corrected chi connectivity index (χ2v) is 9.42. The van der Waals surface area contributed by atoms with Crippen molar-refractivity contribution in [3.63, 3.8) is 0 Å². The van der Waals surface area contributed by atoms with E-state index in [9.17, 15) is 4.79 Å². The fraction of sp³-hybridized carbons (Fsp3) is 0.348. The highest BCUT2D eigenvalue weighted by Crippen LogP contribution is 2.40. The molecule has 29 heavy (non-hydrogen) atoms. The van der Waals surface area contributed by atoms with Crippen LogP contribution < -0.4 is 5.32 Å². The predicted molar refractivity (Wildman–Crippen MR) is 117 cm³/mol. The highest BCUT2D eigenvalue weighted by molar-refractivity contribution is 7.98. The van der Waals surface area contributed by atoms with Gasteiger partial charge in [-0.15, -0.1) is 11.8 Å². The van der Waals surface area contributed by atoms with Crippen molar-refractivity contribution < 1.29 is 4.79 Å². The standard InChI is InChI=1S/C23H26N4OS/c1-23(2,3)27-20(14-19(26-27)17-10-11-17)22(28)25-18-8-6-7-16(13-18)15-29-21-9-4-5-12-24-21/h4-9,12-14,17H,10-11,15H2,1-3H3,(H,25,28). The Labute approximate surface area is 175 Å². The number of carbonyl (C=O) groups excluding carboxylic acids is 1. The number of nitrogens with one attached hydrogen (secondary N) is 1. The molecule has 0 spiro atoms. The molecule has 3 aromatic rings. The summed E-state index contributed by atoms with van der Waals surface area (Å²) in [5.74, 6) is 1.19. The minimum atomic E-state index is -0.249. The number of pyridine rings is 1. The van der Waals surface area contributed by atoms with Crippen molar-refractivity contribution in [2.75, 3.05) is 5.32 Å². The average molecular weight is 407 g/mol. The molecule has 1 fully saturated rings. The Kier molecular flexibility index (Phi) is 5.46. The second-order valence-electron chi connectivity index (χ2n) is 8.42. The molecular weight excluding hydrogens is 380 g/mol. The van der Waals surface area contributed by atoms with Gasteiger partial charge in [0.25, 0.3) is 5.91 Å². The maximum atomic E-state index is 13.0. The van der Waals surface area contributed by atoms with Crippen LogP contribution in [0.1, 0.15) is 61.3 Å². The number of hydrogen-bond acceptors (Lipinski definition) is 4. The molecule has 2 heterocycles. The minimum Gasteiger partial charge on any atom is -0.321 e. The first-order valence-corrected chi connectivity index (χ1v) is 10.9. The SMILES string of the molecule is CC(C)(C)n1nc(C2CC2)cc1C(=O)Nc1cccc(CSc2ccccn2)c1. The molecule has 1 saturated carbocycles. The molecule has 1 N–H and O–H groups in total. The number of amides is 1. The summed E-state index contributed by atoms with van der Waals surface area (Å²) in [5, 5.41) is 8.78. The number of aromatic nitrogens is 3. The Balaban J connectivity index is 1.49. The molecule has 2 aromatic heterocycles. The summed E-state index contributed by atoms with van der Waals surface area (Å²) >= 11 is 1.68. The molecule has 5 nitrogen and oxygen atoms in total. The van der Waals surface area contributed by atoms with Crippen LogP contribution in [0.3, 0.4) is 0 Å². The molecule has 150 valence electrons. The molecule has 0 aliphatic heterocycles. The Bertz CT molecular complexity index is 1000. The van der Waals surface area contributed by atoms with E-state index in [4.69, 9.17) is 5.10 Å². The van der Waals surface area contributed by atoms with E-state index in [1.165, 1.54) is 0 Å². The van der Waals surface area contributed by atoms with Gasteiger partial charge in [0.2, 0.25) is 0 Å². The van der Waals surface area contributed by atoms with Crippen LogP contribution in [0, 0.1) is 0 Å². The molecule has 1 amide bonds. The van der Waals surface area contributed by atoms with Crippen molar-refractivity contribution in [3.05, 3.63) is 71.7 Å². The van der Waals surface area contributed by atoms with E-state index < -0.39 is 0 Å². The number of hydrogen-bond donors (Lipinski definition) is 1. The van der Waals surface area contributed by atoms with Crippen LogP contribution in [0.2, 0.25) is 0 Å². The normalized spacial score (nSPS) is 14.0. The van der Waals surface area contributed by atoms with Gasteiger partial charge in [-0.25, -0.2) is 4.98 Å². The molecule has 1 aromatic carbocycles. The molecule has 0 unspecified atom stereocenters. The van der Waals surface area contributed by atoms with Crippen LogP contribution in [-0.2, 0) is 11.3 Å². The highest BCUT2D eigenvalue weighted by Gasteiger charge is 2.31. The van der Waals surface area contributed by atoms with Crippen LogP contribution >= 0.6 is 11.8 Å². The number of rotatable bonds is 6. The summed E-state index contributed by atoms with van der Waals surface area (Å²) in [6, 6.07) is 15.8. The maximum Gasteiger partial charge on any atom is 0.273 e. The first-order valence-electron chi connectivity index (χ1n) is 9.95. The van der Waals surface area contributed by atoms with Crippen molar-refractivity contribution in [2.24, 2.45) is 0 Å². The highest BCUT2D eigenvalue weighted by atomic mass is 32.2. The third kappa shape index (κ3) is 4.88. The van der Waals surface area contributed by atoms with Crippen molar-refractivity contribution in [1.82, 2.24) is 14.8 Å². The largest absolute Gasteiger partial charge is 0.321 e. The number of benzene rings is 1. The molecule has 0 radical (unpaired) electrons. The van der Waals surface area contributed by atoms with E-state index in [2.05, 4.69) is 37.1 Å². The van der Waals surface area contributed by atoms with Gasteiger partial charge in [-0.1, -0.05) is 18.2 Å². The first kappa shape index (κ1) is 19.7. The zero-order valence-corrected chi connectivity index (χ0v) is 17.9. The Hall–Kier alpha value is -2.60. The molecule has 1 aliphatic carbocycles. The van der Waals surface area contributed by atoms with Gasteiger partial charge >= 0.3 is 0 Å². The number of thioether (sulfide) groups is 1. The van der Waals surface area contributed by atoms with Crippen LogP contribution in [-0.4, -0.2) is 20.7 Å². The van der Waals surface area contributed by atoms with Crippen LogP contribution in [0.4, 0.5) is 5.69 Å². The van der Waals surface area contributed by atoms with E-state index in [0.717, 1.165) is 40.6 Å². The Morgan fingerprint density at radius 1 is 1.17 bits per heavy atom. The minimum absolute atomic E-state index is 0.117. The van der Waals surface area contributed by atoms with Gasteiger partial charge in [0.15, 0.2) is 0 Å². The van der Waals surface area contributed by atoms with Gasteiger partial charge < -0.3 is 5.32 Å². The fourth-order valence-electron chi connectivity index (χ4n) is 3.17. The van der Waals surface area contributed by atoms with Gasteiger partial charge in [0, 0.05) is 23.6 Å². The summed E-state index contributed by atoms with van der Waals surface area (Å²) in [4.78, 5) is 17.4. The van der Waals surface area contributed by atoms with Gasteiger partial charge in [0.05, 0.1) is 16.3 Å². The first-order chi connectivity index (χ1) is 13.9. The zero-order valence-electron chi connectivity index (χ0n) is 17.1. The molecule has 6 heteroatoms. The summed E-state index contributed by atoms with van der Waals surface area (Å²) < 4.78 is 1.86. The lowest BCUT2D eigenvalue weighted by Gasteiger charge is -2.22. The summed E-state index contributed by atoms with van der Waals surface area (Å²) in [6.07, 6.45) is 4.13. The fourth-order valence-corrected chi connectivity index (χ4v) is 3.98. The zero-order chi connectivity index (χ0) is 20.4. The summed E-state index contributed by atoms with van der Waals surface area (Å²) in [7, 11) is 0. The molecular formula is C23H26N4OS. The van der Waals surface area contributed by atoms with Crippen molar-refractivity contribution in [3.8, 4) is 0 Å². The molecule has 4 rings (SSSR count). The molecule has 0 bridgehead atoms. The predicted octanol–water partition coefficient (Wildman–Crippen LogP) is 5.46. The van der Waals surface area contributed by atoms with E-state index in [0.29, 0.717) is 11.6 Å². The Morgan fingerprint density at radius 2 is 2.00 bits per heavy atom. The number of nitrogens with zero attached hydrogens (tertiary/aromatic N) is 3. The third-order valence-electron chi connectivity index (χ3n) is 4.80. The van der Waals surface area contributed by atoms with Crippen molar-refractivity contribution in [2.45, 2.75) is 55.8 Å². The summed E-state index contributed by atoms with van der Waals surface area (Å²) in [6.45, 7) is 6.22. The number of anilines is 1. The monoisotopic (exact) mass is 406 g/mol. The molecule has 0 saturated heterocycles. The van der Waals surface area contributed by atoms with Gasteiger partial charge in [0.1, 0.15) is 5.69 Å². The van der Waals surface area contributed by atoms with Crippen molar-refractivity contribution >= 4 is 23.4 Å². The lowest BCUT2D eigenvalue weighted by molar-refractivity contribution is 0.100. The van der Waals surface area contributed by atoms with E-state index in [1.54, 1.807) is 18.0 Å². The quantitative estimate of drug-likeness (QED) is 0.553. The summed E-state index contributed by atoms with van der Waals surface area (Å²) in [5.41, 5.74) is 3.34. The van der Waals surface area contributed by atoms with E-state index >= 15 is 0 Å². The van der Waals surface area contributed by atoms with Crippen LogP contribution in [0.5, 0.6) is 0 Å². The maximum absolute atomic E-state index is 13.0. The van der Waals surface area contributed by atoms with Gasteiger partial charge in [-0.05, 0) is 69.5 Å². The van der Waals surface area contributed by atoms with E-state index in [-0.39, 0.29) is 11.4 Å². The van der Waals surface area contributed by atoms with Crippen molar-refractivity contribution in [1.29, 1.82) is 0 Å². The average Bonchev–Trinajstić information content (AvgIpc) is 3.44. The van der Waals surface area contributed by atoms with E-state index in [1.807, 2.05) is 47.1 Å². The lowest BCUT2D eigenvalue weighted by atomic mass is 10.1. The molecule has 0 atom stereocenters. The third-order valence-corrected chi connectivity index (χ3v) is 5.82. The van der Waals surface area contributed by atoms with Crippen LogP contribution in [0.15, 0.2) is 59.8 Å². The topological polar surface area (TPSA) is 59.8 Å². The van der Waals surface area contributed by atoms with Gasteiger partial charge in [-0.3, -0.25) is 9.48 Å². The lowest BCUT2D eigenvalue weighted by Crippen LogP contribution is -2.29. The Morgan fingerprint density at radius 3 is 2.69 bits per heavy atom. The number of carbonyl (C=O) groups is 1. The smallest absolute Gasteiger partial charge is 0.273 e.